The Balaban J connectivity index is 2.31. The van der Waals surface area contributed by atoms with E-state index in [0.717, 1.165) is 27.5 Å². The zero-order chi connectivity index (χ0) is 12.0. The summed E-state index contributed by atoms with van der Waals surface area (Å²) >= 11 is 3.43. The quantitative estimate of drug-likeness (QED) is 0.749. The van der Waals surface area contributed by atoms with Gasteiger partial charge in [0.2, 0.25) is 0 Å². The lowest BCUT2D eigenvalue weighted by Gasteiger charge is -1.99. The molecule has 0 saturated heterocycles. The number of hydrogen-bond acceptors (Lipinski definition) is 3. The van der Waals surface area contributed by atoms with Gasteiger partial charge in [-0.15, -0.1) is 0 Å². The number of fused-ring (bicyclic) bond motifs is 1. The molecule has 0 unspecified atom stereocenters. The van der Waals surface area contributed by atoms with Gasteiger partial charge >= 0.3 is 0 Å². The molecule has 0 aliphatic carbocycles. The van der Waals surface area contributed by atoms with Gasteiger partial charge in [0.05, 0.1) is 5.52 Å². The van der Waals surface area contributed by atoms with Crippen molar-refractivity contribution >= 4 is 27.1 Å². The van der Waals surface area contributed by atoms with Crippen molar-refractivity contribution in [3.8, 4) is 11.6 Å². The van der Waals surface area contributed by atoms with Crippen molar-refractivity contribution < 1.29 is 4.42 Å². The van der Waals surface area contributed by atoms with E-state index in [9.17, 15) is 0 Å². The molecule has 17 heavy (non-hydrogen) atoms. The summed E-state index contributed by atoms with van der Waals surface area (Å²) in [6.45, 7) is 1.91. The first-order chi connectivity index (χ1) is 8.15. The Morgan fingerprint density at radius 1 is 1.35 bits per heavy atom. The lowest BCUT2D eigenvalue weighted by atomic mass is 10.3. The smallest absolute Gasteiger partial charge is 0.181 e. The molecule has 0 aliphatic rings. The number of halogens is 1. The summed E-state index contributed by atoms with van der Waals surface area (Å²) in [5.41, 5.74) is 7.39. The van der Waals surface area contributed by atoms with Crippen LogP contribution >= 0.6 is 15.9 Å². The maximum absolute atomic E-state index is 5.76. The van der Waals surface area contributed by atoms with Crippen molar-refractivity contribution in [1.29, 1.82) is 0 Å². The molecule has 3 rings (SSSR count). The molecule has 3 aromatic rings. The van der Waals surface area contributed by atoms with Gasteiger partial charge in [-0.3, -0.25) is 4.40 Å². The molecular formula is C12H10BrN3O. The fourth-order valence-electron chi connectivity index (χ4n) is 1.79. The van der Waals surface area contributed by atoms with Crippen LogP contribution in [0.3, 0.4) is 0 Å². The first-order valence-corrected chi connectivity index (χ1v) is 5.94. The Morgan fingerprint density at radius 2 is 2.18 bits per heavy atom. The lowest BCUT2D eigenvalue weighted by molar-refractivity contribution is 0.544. The van der Waals surface area contributed by atoms with Gasteiger partial charge in [0.1, 0.15) is 10.4 Å². The van der Waals surface area contributed by atoms with Crippen LogP contribution in [0.5, 0.6) is 0 Å². The third kappa shape index (κ3) is 1.63. The fraction of sp³-hybridized carbons (Fsp3) is 0.0833. The highest BCUT2D eigenvalue weighted by molar-refractivity contribution is 9.10. The number of pyridine rings is 1. The number of anilines is 1. The number of imidazole rings is 1. The van der Waals surface area contributed by atoms with E-state index >= 15 is 0 Å². The molecule has 2 N–H and O–H groups in total. The molecule has 0 fully saturated rings. The summed E-state index contributed by atoms with van der Waals surface area (Å²) < 4.78 is 8.29. The topological polar surface area (TPSA) is 56.5 Å². The highest BCUT2D eigenvalue weighted by Crippen LogP contribution is 2.28. The first kappa shape index (κ1) is 10.4. The third-order valence-corrected chi connectivity index (χ3v) is 3.17. The molecule has 0 bridgehead atoms. The van der Waals surface area contributed by atoms with Crippen LogP contribution in [-0.4, -0.2) is 9.38 Å². The van der Waals surface area contributed by atoms with Crippen molar-refractivity contribution in [2.75, 3.05) is 5.73 Å². The molecule has 0 aliphatic heterocycles. The van der Waals surface area contributed by atoms with Gasteiger partial charge in [-0.1, -0.05) is 0 Å². The summed E-state index contributed by atoms with van der Waals surface area (Å²) in [6.07, 6.45) is 1.88. The molecule has 3 heterocycles. The number of aryl methyl sites for hydroxylation is 1. The van der Waals surface area contributed by atoms with Crippen molar-refractivity contribution in [2.24, 2.45) is 0 Å². The number of aromatic nitrogens is 2. The van der Waals surface area contributed by atoms with Crippen LogP contribution in [-0.2, 0) is 0 Å². The zero-order valence-corrected chi connectivity index (χ0v) is 10.7. The molecule has 0 amide bonds. The Morgan fingerprint density at radius 3 is 2.88 bits per heavy atom. The van der Waals surface area contributed by atoms with E-state index in [2.05, 4.69) is 20.9 Å². The summed E-state index contributed by atoms with van der Waals surface area (Å²) in [5.74, 6) is 2.37. The zero-order valence-electron chi connectivity index (χ0n) is 9.14. The van der Waals surface area contributed by atoms with E-state index in [-0.39, 0.29) is 0 Å². The molecule has 4 nitrogen and oxygen atoms in total. The minimum absolute atomic E-state index is 0.709. The van der Waals surface area contributed by atoms with Gasteiger partial charge in [-0.2, -0.15) is 0 Å². The number of hydrogen-bond donors (Lipinski definition) is 1. The second-order valence-electron chi connectivity index (χ2n) is 3.85. The van der Waals surface area contributed by atoms with E-state index in [1.165, 1.54) is 0 Å². The molecule has 0 radical (unpaired) electrons. The number of nitrogens with two attached hydrogens (primary N) is 1. The number of nitrogens with zero attached hydrogens (tertiary/aromatic N) is 2. The maximum atomic E-state index is 5.76. The minimum Gasteiger partial charge on any atom is -0.458 e. The highest BCUT2D eigenvalue weighted by Gasteiger charge is 2.13. The standard InChI is InChI=1S/C12H10BrN3O/c1-7-2-3-10(17-7)12-15-11(13)9-6-8(14)4-5-16(9)12/h2-6H,14H2,1H3. The van der Waals surface area contributed by atoms with Crippen molar-refractivity contribution in [3.05, 3.63) is 40.8 Å². The van der Waals surface area contributed by atoms with E-state index < -0.39 is 0 Å². The number of rotatable bonds is 1. The molecule has 0 aromatic carbocycles. The van der Waals surface area contributed by atoms with Gasteiger partial charge in [-0.25, -0.2) is 4.98 Å². The van der Waals surface area contributed by atoms with Crippen LogP contribution < -0.4 is 5.73 Å². The van der Waals surface area contributed by atoms with Gasteiger partial charge < -0.3 is 10.2 Å². The van der Waals surface area contributed by atoms with Crippen molar-refractivity contribution in [1.82, 2.24) is 9.38 Å². The molecular weight excluding hydrogens is 282 g/mol. The summed E-state index contributed by atoms with van der Waals surface area (Å²) in [4.78, 5) is 4.44. The normalized spacial score (nSPS) is 11.2. The molecule has 86 valence electrons. The van der Waals surface area contributed by atoms with Crippen LogP contribution in [0, 0.1) is 6.92 Å². The predicted octanol–water partition coefficient (Wildman–Crippen LogP) is 3.25. The molecule has 3 aromatic heterocycles. The molecule has 0 spiro atoms. The van der Waals surface area contributed by atoms with Gasteiger partial charge in [0.15, 0.2) is 11.6 Å². The second kappa shape index (κ2) is 3.63. The number of furan rings is 1. The summed E-state index contributed by atoms with van der Waals surface area (Å²) in [6, 6.07) is 7.53. The molecule has 0 atom stereocenters. The van der Waals surface area contributed by atoms with Crippen LogP contribution in [0.2, 0.25) is 0 Å². The SMILES string of the molecule is Cc1ccc(-c2nc(Br)c3cc(N)ccn23)o1. The summed E-state index contributed by atoms with van der Waals surface area (Å²) in [5, 5.41) is 0. The average molecular weight is 292 g/mol. The van der Waals surface area contributed by atoms with E-state index in [4.69, 9.17) is 10.2 Å². The predicted molar refractivity (Wildman–Crippen MR) is 69.7 cm³/mol. The van der Waals surface area contributed by atoms with Crippen LogP contribution in [0.25, 0.3) is 17.1 Å². The molecule has 5 heteroatoms. The van der Waals surface area contributed by atoms with E-state index in [1.807, 2.05) is 41.8 Å². The Hall–Kier alpha value is -1.75. The van der Waals surface area contributed by atoms with E-state index in [1.54, 1.807) is 0 Å². The Bertz CT molecular complexity index is 699. The van der Waals surface area contributed by atoms with Crippen molar-refractivity contribution in [3.63, 3.8) is 0 Å². The number of nitrogen functional groups attached to an aromatic ring is 1. The van der Waals surface area contributed by atoms with Gasteiger partial charge in [0.25, 0.3) is 0 Å². The minimum atomic E-state index is 0.709. The maximum Gasteiger partial charge on any atom is 0.181 e. The monoisotopic (exact) mass is 291 g/mol. The average Bonchev–Trinajstić information content (AvgIpc) is 2.84. The van der Waals surface area contributed by atoms with Crippen LogP contribution in [0.15, 0.2) is 39.5 Å². The van der Waals surface area contributed by atoms with Gasteiger partial charge in [-0.05, 0) is 47.1 Å². The lowest BCUT2D eigenvalue weighted by Crippen LogP contribution is -1.90. The first-order valence-electron chi connectivity index (χ1n) is 5.15. The van der Waals surface area contributed by atoms with Crippen LogP contribution in [0.1, 0.15) is 5.76 Å². The molecule has 0 saturated carbocycles. The van der Waals surface area contributed by atoms with Crippen LogP contribution in [0.4, 0.5) is 5.69 Å². The van der Waals surface area contributed by atoms with Gasteiger partial charge in [0, 0.05) is 11.9 Å². The third-order valence-electron chi connectivity index (χ3n) is 2.58. The van der Waals surface area contributed by atoms with E-state index in [0.29, 0.717) is 5.69 Å². The summed E-state index contributed by atoms with van der Waals surface area (Å²) in [7, 11) is 0. The Labute approximate surface area is 106 Å². The highest BCUT2D eigenvalue weighted by atomic mass is 79.9. The fourth-order valence-corrected chi connectivity index (χ4v) is 2.27. The second-order valence-corrected chi connectivity index (χ2v) is 4.60. The van der Waals surface area contributed by atoms with Crippen molar-refractivity contribution in [2.45, 2.75) is 6.92 Å². The Kier molecular flexibility index (Phi) is 2.22. The largest absolute Gasteiger partial charge is 0.458 e.